The van der Waals surface area contributed by atoms with Gasteiger partial charge in [0, 0.05) is 25.7 Å². The molecule has 1 aliphatic carbocycles. The lowest BCUT2D eigenvalue weighted by Gasteiger charge is -2.23. The summed E-state index contributed by atoms with van der Waals surface area (Å²) in [6.07, 6.45) is 13.2. The molecule has 0 bridgehead atoms. The first-order valence-corrected chi connectivity index (χ1v) is 10.9. The van der Waals surface area contributed by atoms with Crippen molar-refractivity contribution in [2.75, 3.05) is 13.1 Å². The van der Waals surface area contributed by atoms with Crippen molar-refractivity contribution in [2.45, 2.75) is 89.6 Å². The quantitative estimate of drug-likeness (QED) is 0.885. The topological polar surface area (TPSA) is 67.2 Å². The van der Waals surface area contributed by atoms with Crippen LogP contribution in [0.5, 0.6) is 0 Å². The van der Waals surface area contributed by atoms with Gasteiger partial charge in [0.05, 0.1) is 5.69 Å². The highest BCUT2D eigenvalue weighted by Crippen LogP contribution is 2.24. The molecule has 0 radical (unpaired) electrons. The fourth-order valence-electron chi connectivity index (χ4n) is 4.80. The average molecular weight is 373 g/mol. The standard InChI is InChI=1S/C21H32N4O2/c26-20(22-16-10-4-3-5-11-16)18-17-12-6-9-15-25(17)19(23-18)21(27)24-13-7-1-2-8-14-24/h16H,1-15H2,(H,22,26). The van der Waals surface area contributed by atoms with Crippen LogP contribution in [0.15, 0.2) is 0 Å². The van der Waals surface area contributed by atoms with Gasteiger partial charge in [-0.05, 0) is 44.9 Å². The molecular weight excluding hydrogens is 340 g/mol. The maximum atomic E-state index is 13.2. The number of carbonyl (C=O) groups is 2. The molecule has 3 aliphatic rings. The van der Waals surface area contributed by atoms with E-state index < -0.39 is 0 Å². The van der Waals surface area contributed by atoms with Crippen molar-refractivity contribution < 1.29 is 9.59 Å². The Morgan fingerprint density at radius 3 is 2.26 bits per heavy atom. The van der Waals surface area contributed by atoms with Gasteiger partial charge in [-0.3, -0.25) is 9.59 Å². The van der Waals surface area contributed by atoms with Gasteiger partial charge in [0.25, 0.3) is 11.8 Å². The smallest absolute Gasteiger partial charge is 0.289 e. The Labute approximate surface area is 161 Å². The minimum absolute atomic E-state index is 0.0109. The van der Waals surface area contributed by atoms with Crippen LogP contribution in [0.4, 0.5) is 0 Å². The second-order valence-electron chi connectivity index (χ2n) is 8.35. The third-order valence-electron chi connectivity index (χ3n) is 6.36. The van der Waals surface area contributed by atoms with Crippen LogP contribution in [0.2, 0.25) is 0 Å². The Balaban J connectivity index is 1.57. The zero-order valence-electron chi connectivity index (χ0n) is 16.3. The number of nitrogens with one attached hydrogen (secondary N) is 1. The molecule has 3 heterocycles. The molecular formula is C21H32N4O2. The van der Waals surface area contributed by atoms with Crippen molar-refractivity contribution in [3.63, 3.8) is 0 Å². The highest BCUT2D eigenvalue weighted by molar-refractivity contribution is 5.97. The summed E-state index contributed by atoms with van der Waals surface area (Å²) < 4.78 is 2.03. The minimum Gasteiger partial charge on any atom is -0.348 e. The SMILES string of the molecule is O=C(NC1CCCCC1)c1nc(C(=O)N2CCCCCC2)n2c1CCCC2. The number of fused-ring (bicyclic) bond motifs is 1. The zero-order valence-corrected chi connectivity index (χ0v) is 16.3. The summed E-state index contributed by atoms with van der Waals surface area (Å²) in [5.74, 6) is 0.416. The van der Waals surface area contributed by atoms with Crippen LogP contribution in [0.1, 0.15) is 97.4 Å². The summed E-state index contributed by atoms with van der Waals surface area (Å²) in [6, 6.07) is 0.261. The molecule has 1 aromatic heterocycles. The molecule has 2 fully saturated rings. The fraction of sp³-hybridized carbons (Fsp3) is 0.762. The molecule has 4 rings (SSSR count). The lowest BCUT2D eigenvalue weighted by Crippen LogP contribution is -2.37. The molecule has 27 heavy (non-hydrogen) atoms. The first-order valence-electron chi connectivity index (χ1n) is 10.9. The summed E-state index contributed by atoms with van der Waals surface area (Å²) in [5.41, 5.74) is 1.46. The number of aromatic nitrogens is 2. The normalized spacial score (nSPS) is 21.4. The Bertz CT molecular complexity index is 683. The minimum atomic E-state index is -0.0810. The monoisotopic (exact) mass is 372 g/mol. The predicted molar refractivity (Wildman–Crippen MR) is 104 cm³/mol. The Hall–Kier alpha value is -1.85. The molecule has 1 aromatic rings. The highest BCUT2D eigenvalue weighted by atomic mass is 16.2. The lowest BCUT2D eigenvalue weighted by atomic mass is 9.95. The fourth-order valence-corrected chi connectivity index (χ4v) is 4.80. The van der Waals surface area contributed by atoms with Gasteiger partial charge in [-0.15, -0.1) is 0 Å². The molecule has 0 unspecified atom stereocenters. The highest BCUT2D eigenvalue weighted by Gasteiger charge is 2.30. The van der Waals surface area contributed by atoms with E-state index >= 15 is 0 Å². The first-order chi connectivity index (χ1) is 13.2. The molecule has 148 valence electrons. The average Bonchev–Trinajstić information content (AvgIpc) is 2.88. The van der Waals surface area contributed by atoms with Gasteiger partial charge >= 0.3 is 0 Å². The van der Waals surface area contributed by atoms with Gasteiger partial charge in [0.2, 0.25) is 0 Å². The van der Waals surface area contributed by atoms with Gasteiger partial charge in [-0.25, -0.2) is 4.98 Å². The van der Waals surface area contributed by atoms with E-state index in [1.807, 2.05) is 9.47 Å². The Morgan fingerprint density at radius 1 is 0.852 bits per heavy atom. The van der Waals surface area contributed by atoms with Gasteiger partial charge in [-0.2, -0.15) is 0 Å². The van der Waals surface area contributed by atoms with Gasteiger partial charge in [0.1, 0.15) is 5.69 Å². The second-order valence-corrected chi connectivity index (χ2v) is 8.35. The van der Waals surface area contributed by atoms with Crippen molar-refractivity contribution >= 4 is 11.8 Å². The molecule has 1 saturated carbocycles. The third kappa shape index (κ3) is 4.04. The lowest BCUT2D eigenvalue weighted by molar-refractivity contribution is 0.0743. The van der Waals surface area contributed by atoms with E-state index in [1.54, 1.807) is 0 Å². The molecule has 6 nitrogen and oxygen atoms in total. The number of carbonyl (C=O) groups excluding carboxylic acids is 2. The number of hydrogen-bond acceptors (Lipinski definition) is 3. The number of nitrogens with zero attached hydrogens (tertiary/aromatic N) is 3. The van der Waals surface area contributed by atoms with E-state index in [0.717, 1.165) is 70.3 Å². The largest absolute Gasteiger partial charge is 0.348 e. The van der Waals surface area contributed by atoms with Crippen LogP contribution >= 0.6 is 0 Å². The molecule has 0 aromatic carbocycles. The van der Waals surface area contributed by atoms with E-state index in [2.05, 4.69) is 10.3 Å². The van der Waals surface area contributed by atoms with Crippen molar-refractivity contribution in [2.24, 2.45) is 0 Å². The molecule has 6 heteroatoms. The van der Waals surface area contributed by atoms with E-state index in [1.165, 1.54) is 32.1 Å². The van der Waals surface area contributed by atoms with Crippen molar-refractivity contribution in [3.8, 4) is 0 Å². The number of imidazole rings is 1. The maximum Gasteiger partial charge on any atom is 0.289 e. The molecule has 0 atom stereocenters. The van der Waals surface area contributed by atoms with Crippen LogP contribution in [0.25, 0.3) is 0 Å². The maximum absolute atomic E-state index is 13.2. The van der Waals surface area contributed by atoms with Crippen LogP contribution in [-0.2, 0) is 13.0 Å². The van der Waals surface area contributed by atoms with E-state index in [9.17, 15) is 9.59 Å². The van der Waals surface area contributed by atoms with Crippen LogP contribution in [-0.4, -0.2) is 45.4 Å². The van der Waals surface area contributed by atoms with Crippen LogP contribution in [0, 0.1) is 0 Å². The summed E-state index contributed by atoms with van der Waals surface area (Å²) in [4.78, 5) is 32.7. The predicted octanol–water partition coefficient (Wildman–Crippen LogP) is 3.30. The molecule has 2 aliphatic heterocycles. The third-order valence-corrected chi connectivity index (χ3v) is 6.36. The van der Waals surface area contributed by atoms with Crippen LogP contribution in [0.3, 0.4) is 0 Å². The molecule has 1 saturated heterocycles. The summed E-state index contributed by atoms with van der Waals surface area (Å²) in [5, 5.41) is 3.19. The van der Waals surface area contributed by atoms with E-state index in [0.29, 0.717) is 11.5 Å². The second kappa shape index (κ2) is 8.44. The van der Waals surface area contributed by atoms with Crippen LogP contribution < -0.4 is 5.32 Å². The number of amides is 2. The Morgan fingerprint density at radius 2 is 1.52 bits per heavy atom. The van der Waals surface area contributed by atoms with Crippen molar-refractivity contribution in [1.82, 2.24) is 19.8 Å². The molecule has 2 amide bonds. The zero-order chi connectivity index (χ0) is 18.6. The van der Waals surface area contributed by atoms with Gasteiger partial charge in [-0.1, -0.05) is 32.1 Å². The summed E-state index contributed by atoms with van der Waals surface area (Å²) >= 11 is 0. The molecule has 0 spiro atoms. The number of likely N-dealkylation sites (tertiary alicyclic amines) is 1. The van der Waals surface area contributed by atoms with Gasteiger partial charge in [0.15, 0.2) is 5.82 Å². The first kappa shape index (κ1) is 18.5. The number of hydrogen-bond donors (Lipinski definition) is 1. The van der Waals surface area contributed by atoms with Gasteiger partial charge < -0.3 is 14.8 Å². The van der Waals surface area contributed by atoms with E-state index in [-0.39, 0.29) is 17.9 Å². The number of rotatable bonds is 3. The summed E-state index contributed by atoms with van der Waals surface area (Å²) in [7, 11) is 0. The van der Waals surface area contributed by atoms with Crippen molar-refractivity contribution in [1.29, 1.82) is 0 Å². The van der Waals surface area contributed by atoms with Crippen molar-refractivity contribution in [3.05, 3.63) is 17.2 Å². The summed E-state index contributed by atoms with van der Waals surface area (Å²) in [6.45, 7) is 2.42. The molecule has 1 N–H and O–H groups in total. The van der Waals surface area contributed by atoms with E-state index in [4.69, 9.17) is 0 Å². The Kier molecular flexibility index (Phi) is 5.79.